The van der Waals surface area contributed by atoms with Gasteiger partial charge in [-0.2, -0.15) is 11.8 Å². The Hall–Kier alpha value is -0.340. The van der Waals surface area contributed by atoms with Crippen LogP contribution in [0.25, 0.3) is 0 Å². The molecule has 2 atom stereocenters. The number of hydrogen-bond acceptors (Lipinski definition) is 2. The first-order valence-corrected chi connectivity index (χ1v) is 6.51. The lowest BCUT2D eigenvalue weighted by atomic mass is 9.95. The predicted molar refractivity (Wildman–Crippen MR) is 63.5 cm³/mol. The molecule has 0 bridgehead atoms. The first-order valence-electron chi connectivity index (χ1n) is 4.98. The van der Waals surface area contributed by atoms with Crippen LogP contribution in [0.4, 0.5) is 5.69 Å². The van der Waals surface area contributed by atoms with E-state index in [4.69, 9.17) is 11.6 Å². The molecular weight excluding hydrogens is 214 g/mol. The highest BCUT2D eigenvalue weighted by Crippen LogP contribution is 2.43. The normalized spacial score (nSPS) is 29.2. The first kappa shape index (κ1) is 8.93. The molecule has 2 aliphatic heterocycles. The van der Waals surface area contributed by atoms with Gasteiger partial charge >= 0.3 is 0 Å². The van der Waals surface area contributed by atoms with Crippen LogP contribution in [0.1, 0.15) is 17.9 Å². The minimum absolute atomic E-state index is 0.657. The molecule has 1 fully saturated rings. The van der Waals surface area contributed by atoms with Crippen LogP contribution in [-0.4, -0.2) is 17.5 Å². The van der Waals surface area contributed by atoms with E-state index in [1.807, 2.05) is 6.07 Å². The van der Waals surface area contributed by atoms with Gasteiger partial charge in [0, 0.05) is 28.4 Å². The van der Waals surface area contributed by atoms with Crippen molar-refractivity contribution in [2.45, 2.75) is 18.4 Å². The molecule has 1 saturated heterocycles. The van der Waals surface area contributed by atoms with Gasteiger partial charge in [0.15, 0.2) is 0 Å². The molecule has 1 aromatic rings. The van der Waals surface area contributed by atoms with Gasteiger partial charge in [0.25, 0.3) is 0 Å². The highest BCUT2D eigenvalue weighted by molar-refractivity contribution is 7.99. The maximum Gasteiger partial charge on any atom is 0.0410 e. The van der Waals surface area contributed by atoms with Crippen molar-refractivity contribution in [3.05, 3.63) is 28.8 Å². The highest BCUT2D eigenvalue weighted by atomic mass is 35.5. The van der Waals surface area contributed by atoms with E-state index in [1.54, 1.807) is 0 Å². The minimum Gasteiger partial charge on any atom is -0.381 e. The van der Waals surface area contributed by atoms with Crippen LogP contribution >= 0.6 is 23.4 Å². The lowest BCUT2D eigenvalue weighted by molar-refractivity contribution is 0.614. The van der Waals surface area contributed by atoms with Gasteiger partial charge in [-0.05, 0) is 35.9 Å². The molecule has 1 N–H and O–H groups in total. The lowest BCUT2D eigenvalue weighted by Crippen LogP contribution is -2.26. The molecule has 14 heavy (non-hydrogen) atoms. The topological polar surface area (TPSA) is 12.0 Å². The van der Waals surface area contributed by atoms with Crippen LogP contribution in [-0.2, 0) is 0 Å². The maximum absolute atomic E-state index is 6.02. The molecular formula is C11H12ClNS. The van der Waals surface area contributed by atoms with Crippen molar-refractivity contribution >= 4 is 29.1 Å². The van der Waals surface area contributed by atoms with E-state index < -0.39 is 0 Å². The third-order valence-electron chi connectivity index (χ3n) is 3.11. The van der Waals surface area contributed by atoms with Crippen LogP contribution in [0.2, 0.25) is 5.02 Å². The Bertz CT molecular complexity index is 366. The molecule has 3 rings (SSSR count). The van der Waals surface area contributed by atoms with Crippen LogP contribution < -0.4 is 5.32 Å². The molecule has 3 heteroatoms. The fourth-order valence-electron chi connectivity index (χ4n) is 2.39. The molecule has 0 aromatic heterocycles. The van der Waals surface area contributed by atoms with Crippen molar-refractivity contribution in [2.75, 3.05) is 16.8 Å². The number of halogens is 1. The fourth-order valence-corrected chi connectivity index (χ4v) is 3.82. The molecule has 1 aromatic carbocycles. The molecule has 1 nitrogen and oxygen atoms in total. The van der Waals surface area contributed by atoms with Crippen molar-refractivity contribution in [1.82, 2.24) is 0 Å². The standard InChI is InChI=1S/C11H12ClNS/c12-7-1-2-10-8(5-7)9-6-14-4-3-11(9)13-10/h1-2,5,9,11,13H,3-4,6H2. The van der Waals surface area contributed by atoms with Crippen LogP contribution in [0.3, 0.4) is 0 Å². The van der Waals surface area contributed by atoms with Gasteiger partial charge in [0.2, 0.25) is 0 Å². The van der Waals surface area contributed by atoms with Crippen molar-refractivity contribution in [1.29, 1.82) is 0 Å². The maximum atomic E-state index is 6.02. The zero-order valence-electron chi connectivity index (χ0n) is 7.79. The Balaban J connectivity index is 2.02. The summed E-state index contributed by atoms with van der Waals surface area (Å²) in [5, 5.41) is 4.45. The van der Waals surface area contributed by atoms with Gasteiger partial charge in [-0.3, -0.25) is 0 Å². The van der Waals surface area contributed by atoms with E-state index in [1.165, 1.54) is 29.2 Å². The minimum atomic E-state index is 0.657. The Morgan fingerprint density at radius 1 is 1.43 bits per heavy atom. The predicted octanol–water partition coefficient (Wildman–Crippen LogP) is 3.35. The molecule has 2 unspecified atom stereocenters. The first-order chi connectivity index (χ1) is 6.84. The number of thioether (sulfide) groups is 1. The van der Waals surface area contributed by atoms with Crippen molar-refractivity contribution in [3.8, 4) is 0 Å². The van der Waals surface area contributed by atoms with E-state index in [0.717, 1.165) is 5.02 Å². The summed E-state index contributed by atoms with van der Waals surface area (Å²) in [5.41, 5.74) is 2.72. The number of nitrogens with one attached hydrogen (secondary N) is 1. The van der Waals surface area contributed by atoms with Gasteiger partial charge in [0.05, 0.1) is 0 Å². The highest BCUT2D eigenvalue weighted by Gasteiger charge is 2.34. The van der Waals surface area contributed by atoms with Gasteiger partial charge in [0.1, 0.15) is 0 Å². The molecule has 2 aliphatic rings. The quantitative estimate of drug-likeness (QED) is 0.727. The van der Waals surface area contributed by atoms with Crippen LogP contribution in [0.5, 0.6) is 0 Å². The summed E-state index contributed by atoms with van der Waals surface area (Å²) in [5.74, 6) is 3.21. The number of anilines is 1. The van der Waals surface area contributed by atoms with Crippen molar-refractivity contribution in [2.24, 2.45) is 0 Å². The SMILES string of the molecule is Clc1ccc2c(c1)C1CSCCC1N2. The van der Waals surface area contributed by atoms with Crippen LogP contribution in [0, 0.1) is 0 Å². The Morgan fingerprint density at radius 3 is 3.29 bits per heavy atom. The monoisotopic (exact) mass is 225 g/mol. The van der Waals surface area contributed by atoms with E-state index in [0.29, 0.717) is 12.0 Å². The molecule has 0 radical (unpaired) electrons. The number of hydrogen-bond donors (Lipinski definition) is 1. The number of fused-ring (bicyclic) bond motifs is 3. The number of benzene rings is 1. The zero-order chi connectivity index (χ0) is 9.54. The summed E-state index contributed by atoms with van der Waals surface area (Å²) in [6.45, 7) is 0. The second kappa shape index (κ2) is 3.35. The summed E-state index contributed by atoms with van der Waals surface area (Å²) in [6, 6.07) is 6.86. The summed E-state index contributed by atoms with van der Waals surface area (Å²) < 4.78 is 0. The van der Waals surface area contributed by atoms with E-state index >= 15 is 0 Å². The fraction of sp³-hybridized carbons (Fsp3) is 0.455. The van der Waals surface area contributed by atoms with E-state index in [2.05, 4.69) is 29.2 Å². The lowest BCUT2D eigenvalue weighted by Gasteiger charge is -2.24. The summed E-state index contributed by atoms with van der Waals surface area (Å²) >= 11 is 8.08. The Kier molecular flexibility index (Phi) is 2.14. The largest absolute Gasteiger partial charge is 0.381 e. The molecule has 74 valence electrons. The third-order valence-corrected chi connectivity index (χ3v) is 4.46. The Labute approximate surface area is 93.2 Å². The molecule has 0 amide bonds. The average molecular weight is 226 g/mol. The van der Waals surface area contributed by atoms with Gasteiger partial charge in [-0.1, -0.05) is 11.6 Å². The summed E-state index contributed by atoms with van der Waals surface area (Å²) in [7, 11) is 0. The van der Waals surface area contributed by atoms with Gasteiger partial charge in [-0.15, -0.1) is 0 Å². The molecule has 0 saturated carbocycles. The summed E-state index contributed by atoms with van der Waals surface area (Å²) in [6.07, 6.45) is 1.28. The third kappa shape index (κ3) is 1.32. The second-order valence-electron chi connectivity index (χ2n) is 3.95. The van der Waals surface area contributed by atoms with E-state index in [-0.39, 0.29) is 0 Å². The van der Waals surface area contributed by atoms with Crippen molar-refractivity contribution < 1.29 is 0 Å². The number of rotatable bonds is 0. The average Bonchev–Trinajstić information content (AvgIpc) is 2.56. The molecule has 0 spiro atoms. The van der Waals surface area contributed by atoms with Gasteiger partial charge in [-0.25, -0.2) is 0 Å². The van der Waals surface area contributed by atoms with E-state index in [9.17, 15) is 0 Å². The smallest absolute Gasteiger partial charge is 0.0410 e. The Morgan fingerprint density at radius 2 is 2.36 bits per heavy atom. The second-order valence-corrected chi connectivity index (χ2v) is 5.54. The summed E-state index contributed by atoms with van der Waals surface area (Å²) in [4.78, 5) is 0. The van der Waals surface area contributed by atoms with Crippen LogP contribution in [0.15, 0.2) is 18.2 Å². The molecule has 0 aliphatic carbocycles. The zero-order valence-corrected chi connectivity index (χ0v) is 9.37. The van der Waals surface area contributed by atoms with Crippen molar-refractivity contribution in [3.63, 3.8) is 0 Å². The van der Waals surface area contributed by atoms with Gasteiger partial charge < -0.3 is 5.32 Å². The molecule has 2 heterocycles.